The van der Waals surface area contributed by atoms with Gasteiger partial charge in [-0.05, 0) is 41.9 Å². The summed E-state index contributed by atoms with van der Waals surface area (Å²) >= 11 is 3.54. The average molecular weight is 323 g/mol. The number of pyridine rings is 1. The maximum absolute atomic E-state index is 4.65. The molecule has 102 valence electrons. The summed E-state index contributed by atoms with van der Waals surface area (Å²) in [6.07, 6.45) is 0. The Kier molecular flexibility index (Phi) is 4.37. The number of aromatic nitrogens is 3. The van der Waals surface area contributed by atoms with E-state index in [2.05, 4.69) is 45.2 Å². The van der Waals surface area contributed by atoms with Crippen molar-refractivity contribution in [3.05, 3.63) is 39.8 Å². The predicted octanol–water partition coefficient (Wildman–Crippen LogP) is 3.14. The van der Waals surface area contributed by atoms with Gasteiger partial charge in [0.15, 0.2) is 5.82 Å². The highest BCUT2D eigenvalue weighted by molar-refractivity contribution is 9.10. The zero-order valence-corrected chi connectivity index (χ0v) is 13.3. The first kappa shape index (κ1) is 14.2. The van der Waals surface area contributed by atoms with E-state index in [-0.39, 0.29) is 0 Å². The van der Waals surface area contributed by atoms with Crippen molar-refractivity contribution in [2.24, 2.45) is 0 Å². The molecule has 5 heteroatoms. The van der Waals surface area contributed by atoms with Gasteiger partial charge in [0, 0.05) is 12.6 Å². The van der Waals surface area contributed by atoms with Crippen LogP contribution in [0, 0.1) is 13.8 Å². The Labute approximate surface area is 122 Å². The van der Waals surface area contributed by atoms with Gasteiger partial charge < -0.3 is 5.32 Å². The van der Waals surface area contributed by atoms with Crippen molar-refractivity contribution >= 4 is 15.9 Å². The monoisotopic (exact) mass is 322 g/mol. The van der Waals surface area contributed by atoms with Crippen LogP contribution in [0.15, 0.2) is 22.7 Å². The molecule has 0 aliphatic heterocycles. The SMILES string of the molecule is Cc1nn(-c2cccc(CNC(C)C)n2)c(C)c1Br. The first-order valence-electron chi connectivity index (χ1n) is 6.40. The zero-order chi connectivity index (χ0) is 14.0. The van der Waals surface area contributed by atoms with E-state index in [1.165, 1.54) is 0 Å². The Balaban J connectivity index is 2.30. The Bertz CT molecular complexity index is 575. The first-order valence-corrected chi connectivity index (χ1v) is 7.19. The van der Waals surface area contributed by atoms with Gasteiger partial charge in [-0.2, -0.15) is 5.10 Å². The molecule has 4 nitrogen and oxygen atoms in total. The fourth-order valence-electron chi connectivity index (χ4n) is 1.84. The molecule has 0 radical (unpaired) electrons. The molecule has 0 spiro atoms. The Morgan fingerprint density at radius 1 is 1.32 bits per heavy atom. The van der Waals surface area contributed by atoms with Crippen LogP contribution in [-0.4, -0.2) is 20.8 Å². The molecule has 0 saturated carbocycles. The second kappa shape index (κ2) is 5.84. The summed E-state index contributed by atoms with van der Waals surface area (Å²) < 4.78 is 2.91. The van der Waals surface area contributed by atoms with Gasteiger partial charge in [0.25, 0.3) is 0 Å². The first-order chi connectivity index (χ1) is 8.99. The zero-order valence-electron chi connectivity index (χ0n) is 11.7. The van der Waals surface area contributed by atoms with Crippen LogP contribution in [0.3, 0.4) is 0 Å². The number of rotatable bonds is 4. The fourth-order valence-corrected chi connectivity index (χ4v) is 2.09. The van der Waals surface area contributed by atoms with Gasteiger partial charge in [0.05, 0.1) is 21.6 Å². The van der Waals surface area contributed by atoms with Gasteiger partial charge in [0.2, 0.25) is 0 Å². The summed E-state index contributed by atoms with van der Waals surface area (Å²) in [4.78, 5) is 4.65. The molecular weight excluding hydrogens is 304 g/mol. The highest BCUT2D eigenvalue weighted by atomic mass is 79.9. The van der Waals surface area contributed by atoms with E-state index in [9.17, 15) is 0 Å². The highest BCUT2D eigenvalue weighted by Gasteiger charge is 2.11. The molecule has 0 atom stereocenters. The predicted molar refractivity (Wildman–Crippen MR) is 80.5 cm³/mol. The van der Waals surface area contributed by atoms with E-state index in [0.717, 1.165) is 33.9 Å². The molecule has 2 rings (SSSR count). The molecule has 0 saturated heterocycles. The average Bonchev–Trinajstić information content (AvgIpc) is 2.64. The van der Waals surface area contributed by atoms with Crippen molar-refractivity contribution in [1.82, 2.24) is 20.1 Å². The third-order valence-corrected chi connectivity index (χ3v) is 4.05. The van der Waals surface area contributed by atoms with Crippen LogP contribution in [0.25, 0.3) is 5.82 Å². The normalized spacial score (nSPS) is 11.3. The smallest absolute Gasteiger partial charge is 0.153 e. The van der Waals surface area contributed by atoms with E-state index in [1.54, 1.807) is 0 Å². The molecule has 0 aliphatic carbocycles. The topological polar surface area (TPSA) is 42.7 Å². The third kappa shape index (κ3) is 3.22. The molecule has 19 heavy (non-hydrogen) atoms. The summed E-state index contributed by atoms with van der Waals surface area (Å²) in [6, 6.07) is 6.47. The molecule has 0 unspecified atom stereocenters. The molecule has 0 aliphatic rings. The molecule has 0 fully saturated rings. The number of nitrogens with one attached hydrogen (secondary N) is 1. The van der Waals surface area contributed by atoms with Crippen LogP contribution < -0.4 is 5.32 Å². The van der Waals surface area contributed by atoms with Gasteiger partial charge >= 0.3 is 0 Å². The van der Waals surface area contributed by atoms with Gasteiger partial charge in [-0.15, -0.1) is 0 Å². The van der Waals surface area contributed by atoms with Crippen LogP contribution in [0.5, 0.6) is 0 Å². The second-order valence-electron chi connectivity index (χ2n) is 4.92. The largest absolute Gasteiger partial charge is 0.309 e. The van der Waals surface area contributed by atoms with Crippen molar-refractivity contribution in [3.63, 3.8) is 0 Å². The van der Waals surface area contributed by atoms with Crippen molar-refractivity contribution in [3.8, 4) is 5.82 Å². The number of hydrogen-bond acceptors (Lipinski definition) is 3. The number of hydrogen-bond donors (Lipinski definition) is 1. The standard InChI is InChI=1S/C14H19BrN4/c1-9(2)16-8-12-6-5-7-13(17-12)19-11(4)14(15)10(3)18-19/h5-7,9,16H,8H2,1-4H3. The van der Waals surface area contributed by atoms with Gasteiger partial charge in [-0.25, -0.2) is 9.67 Å². The molecular formula is C14H19BrN4. The summed E-state index contributed by atoms with van der Waals surface area (Å²) in [5.74, 6) is 0.856. The van der Waals surface area contributed by atoms with E-state index < -0.39 is 0 Å². The van der Waals surface area contributed by atoms with Crippen molar-refractivity contribution < 1.29 is 0 Å². The summed E-state index contributed by atoms with van der Waals surface area (Å²) in [6.45, 7) is 9.04. The third-order valence-electron chi connectivity index (χ3n) is 2.90. The van der Waals surface area contributed by atoms with E-state index in [1.807, 2.05) is 36.7 Å². The minimum atomic E-state index is 0.452. The summed E-state index contributed by atoms with van der Waals surface area (Å²) in [5, 5.41) is 7.87. The van der Waals surface area contributed by atoms with Gasteiger partial charge in [-0.1, -0.05) is 19.9 Å². The van der Waals surface area contributed by atoms with Crippen LogP contribution >= 0.6 is 15.9 Å². The summed E-state index contributed by atoms with van der Waals surface area (Å²) in [7, 11) is 0. The van der Waals surface area contributed by atoms with Crippen LogP contribution in [0.1, 0.15) is 30.9 Å². The molecule has 0 bridgehead atoms. The molecule has 0 aromatic carbocycles. The molecule has 1 N–H and O–H groups in total. The van der Waals surface area contributed by atoms with Gasteiger partial charge in [0.1, 0.15) is 0 Å². The quantitative estimate of drug-likeness (QED) is 0.940. The Morgan fingerprint density at radius 3 is 2.63 bits per heavy atom. The lowest BCUT2D eigenvalue weighted by molar-refractivity contribution is 0.580. The number of aryl methyl sites for hydroxylation is 1. The number of halogens is 1. The lowest BCUT2D eigenvalue weighted by atomic mass is 10.3. The molecule has 0 amide bonds. The van der Waals surface area contributed by atoms with E-state index >= 15 is 0 Å². The van der Waals surface area contributed by atoms with Crippen LogP contribution in [-0.2, 0) is 6.54 Å². The second-order valence-corrected chi connectivity index (χ2v) is 5.71. The fraction of sp³-hybridized carbons (Fsp3) is 0.429. The van der Waals surface area contributed by atoms with E-state index in [4.69, 9.17) is 0 Å². The van der Waals surface area contributed by atoms with Crippen molar-refractivity contribution in [2.75, 3.05) is 0 Å². The minimum absolute atomic E-state index is 0.452. The summed E-state index contributed by atoms with van der Waals surface area (Å²) in [5.41, 5.74) is 3.07. The number of nitrogens with zero attached hydrogens (tertiary/aromatic N) is 3. The Morgan fingerprint density at radius 2 is 2.05 bits per heavy atom. The molecule has 2 aromatic rings. The van der Waals surface area contributed by atoms with Crippen LogP contribution in [0.4, 0.5) is 0 Å². The van der Waals surface area contributed by atoms with Crippen molar-refractivity contribution in [2.45, 2.75) is 40.3 Å². The van der Waals surface area contributed by atoms with Crippen LogP contribution in [0.2, 0.25) is 0 Å². The maximum Gasteiger partial charge on any atom is 0.153 e. The van der Waals surface area contributed by atoms with Gasteiger partial charge in [-0.3, -0.25) is 0 Å². The molecule has 2 aromatic heterocycles. The molecule has 2 heterocycles. The minimum Gasteiger partial charge on any atom is -0.309 e. The van der Waals surface area contributed by atoms with Crippen molar-refractivity contribution in [1.29, 1.82) is 0 Å². The Hall–Kier alpha value is -1.20. The lowest BCUT2D eigenvalue weighted by Gasteiger charge is -2.09. The van der Waals surface area contributed by atoms with E-state index in [0.29, 0.717) is 6.04 Å². The maximum atomic E-state index is 4.65. The lowest BCUT2D eigenvalue weighted by Crippen LogP contribution is -2.22. The highest BCUT2D eigenvalue weighted by Crippen LogP contribution is 2.22.